The maximum Gasteiger partial charge on any atom is 0.262 e. The number of hydrogen-bond acceptors (Lipinski definition) is 5. The number of hydrogen-bond donors (Lipinski definition) is 1. The van der Waals surface area contributed by atoms with Gasteiger partial charge in [0.1, 0.15) is 4.83 Å². The molecule has 1 N–H and O–H groups in total. The molecule has 0 spiro atoms. The summed E-state index contributed by atoms with van der Waals surface area (Å²) in [4.78, 5) is 30.0. The van der Waals surface area contributed by atoms with Crippen LogP contribution in [0.1, 0.15) is 12.5 Å². The molecule has 1 unspecified atom stereocenters. The van der Waals surface area contributed by atoms with Gasteiger partial charge < -0.3 is 5.32 Å². The molecule has 0 radical (unpaired) electrons. The molecule has 2 heterocycles. The molecule has 5 nitrogen and oxygen atoms in total. The lowest BCUT2D eigenvalue weighted by Crippen LogP contribution is -2.25. The molecular formula is C17H16ClN3O2S2. The zero-order valence-electron chi connectivity index (χ0n) is 13.9. The van der Waals surface area contributed by atoms with E-state index in [0.717, 1.165) is 5.56 Å². The number of carbonyl (C=O) groups is 1. The van der Waals surface area contributed by atoms with Crippen LogP contribution >= 0.6 is 34.7 Å². The predicted molar refractivity (Wildman–Crippen MR) is 105 cm³/mol. The first-order valence-corrected chi connectivity index (χ1v) is 9.68. The van der Waals surface area contributed by atoms with E-state index in [-0.39, 0.29) is 11.5 Å². The molecule has 0 bridgehead atoms. The van der Waals surface area contributed by atoms with Gasteiger partial charge in [0, 0.05) is 17.8 Å². The number of benzene rings is 1. The molecule has 25 heavy (non-hydrogen) atoms. The third-order valence-electron chi connectivity index (χ3n) is 3.77. The van der Waals surface area contributed by atoms with Crippen LogP contribution in [0.25, 0.3) is 10.2 Å². The SMILES string of the molecule is Cc1ccc(Cl)cc1NC(=O)C(C)Sc1nc2sccc2c(=O)n1C. The zero-order chi connectivity index (χ0) is 18.1. The van der Waals surface area contributed by atoms with Gasteiger partial charge in [0.25, 0.3) is 5.56 Å². The summed E-state index contributed by atoms with van der Waals surface area (Å²) in [7, 11) is 1.67. The molecule has 2 aromatic heterocycles. The van der Waals surface area contributed by atoms with Crippen LogP contribution in [0.15, 0.2) is 39.6 Å². The minimum atomic E-state index is -0.422. The van der Waals surface area contributed by atoms with E-state index < -0.39 is 5.25 Å². The van der Waals surface area contributed by atoms with Crippen LogP contribution in [0.2, 0.25) is 5.02 Å². The largest absolute Gasteiger partial charge is 0.325 e. The van der Waals surface area contributed by atoms with Crippen LogP contribution in [0.3, 0.4) is 0 Å². The number of thioether (sulfide) groups is 1. The van der Waals surface area contributed by atoms with Gasteiger partial charge in [0.15, 0.2) is 5.16 Å². The van der Waals surface area contributed by atoms with Gasteiger partial charge in [-0.05, 0) is 43.0 Å². The van der Waals surface area contributed by atoms with Crippen LogP contribution < -0.4 is 10.9 Å². The third kappa shape index (κ3) is 3.73. The lowest BCUT2D eigenvalue weighted by atomic mass is 10.2. The number of aryl methyl sites for hydroxylation is 1. The van der Waals surface area contributed by atoms with Gasteiger partial charge in [0.05, 0.1) is 10.6 Å². The summed E-state index contributed by atoms with van der Waals surface area (Å²) < 4.78 is 1.48. The Kier molecular flexibility index (Phi) is 5.17. The molecule has 0 fully saturated rings. The van der Waals surface area contributed by atoms with Crippen LogP contribution in [-0.4, -0.2) is 20.7 Å². The lowest BCUT2D eigenvalue weighted by Gasteiger charge is -2.14. The van der Waals surface area contributed by atoms with Crippen molar-refractivity contribution in [3.05, 3.63) is 50.6 Å². The molecule has 3 aromatic rings. The Bertz CT molecular complexity index is 1010. The zero-order valence-corrected chi connectivity index (χ0v) is 16.3. The molecule has 1 atom stereocenters. The number of nitrogens with zero attached hydrogens (tertiary/aromatic N) is 2. The summed E-state index contributed by atoms with van der Waals surface area (Å²) in [6, 6.07) is 7.12. The van der Waals surface area contributed by atoms with Gasteiger partial charge in [-0.1, -0.05) is 29.4 Å². The number of fused-ring (bicyclic) bond motifs is 1. The Morgan fingerprint density at radius 1 is 1.40 bits per heavy atom. The Morgan fingerprint density at radius 2 is 2.16 bits per heavy atom. The second-order valence-electron chi connectivity index (χ2n) is 5.61. The highest BCUT2D eigenvalue weighted by Gasteiger charge is 2.19. The lowest BCUT2D eigenvalue weighted by molar-refractivity contribution is -0.115. The smallest absolute Gasteiger partial charge is 0.262 e. The first-order chi connectivity index (χ1) is 11.9. The predicted octanol–water partition coefficient (Wildman–Crippen LogP) is 4.08. The van der Waals surface area contributed by atoms with Crippen molar-refractivity contribution in [3.8, 4) is 0 Å². The van der Waals surface area contributed by atoms with E-state index in [4.69, 9.17) is 11.6 Å². The Balaban J connectivity index is 1.81. The summed E-state index contributed by atoms with van der Waals surface area (Å²) in [6.45, 7) is 3.68. The fourth-order valence-electron chi connectivity index (χ4n) is 2.26. The summed E-state index contributed by atoms with van der Waals surface area (Å²) in [5.41, 5.74) is 1.51. The average Bonchev–Trinajstić information content (AvgIpc) is 3.04. The Morgan fingerprint density at radius 3 is 2.92 bits per heavy atom. The Hall–Kier alpha value is -1.83. The number of rotatable bonds is 4. The Labute approximate surface area is 158 Å². The molecule has 8 heteroatoms. The van der Waals surface area contributed by atoms with E-state index in [1.807, 2.05) is 18.4 Å². The number of thiophene rings is 1. The van der Waals surface area contributed by atoms with Gasteiger partial charge in [-0.2, -0.15) is 0 Å². The summed E-state index contributed by atoms with van der Waals surface area (Å²) in [6.07, 6.45) is 0. The fraction of sp³-hybridized carbons (Fsp3) is 0.235. The first kappa shape index (κ1) is 18.0. The van der Waals surface area contributed by atoms with Gasteiger partial charge in [-0.25, -0.2) is 4.98 Å². The topological polar surface area (TPSA) is 64.0 Å². The third-order valence-corrected chi connectivity index (χ3v) is 5.96. The van der Waals surface area contributed by atoms with Crippen molar-refractivity contribution in [2.45, 2.75) is 24.3 Å². The standard InChI is InChI=1S/C17H16ClN3O2S2/c1-9-4-5-11(18)8-13(9)19-14(22)10(2)25-17-20-15-12(6-7-24-15)16(23)21(17)3/h4-8,10H,1-3H3,(H,19,22). The van der Waals surface area contributed by atoms with Gasteiger partial charge >= 0.3 is 0 Å². The van der Waals surface area contributed by atoms with E-state index in [9.17, 15) is 9.59 Å². The molecule has 0 aliphatic rings. The quantitative estimate of drug-likeness (QED) is 0.536. The second kappa shape index (κ2) is 7.19. The second-order valence-corrected chi connectivity index (χ2v) is 8.25. The van der Waals surface area contributed by atoms with Crippen LogP contribution in [0.5, 0.6) is 0 Å². The van der Waals surface area contributed by atoms with Crippen molar-refractivity contribution in [1.82, 2.24) is 9.55 Å². The highest BCUT2D eigenvalue weighted by atomic mass is 35.5. The van der Waals surface area contributed by atoms with Crippen molar-refractivity contribution in [1.29, 1.82) is 0 Å². The minimum absolute atomic E-state index is 0.105. The fourth-order valence-corrected chi connectivity index (χ4v) is 4.11. The number of carbonyl (C=O) groups excluding carboxylic acids is 1. The van der Waals surface area contributed by atoms with Crippen LogP contribution in [0, 0.1) is 6.92 Å². The van der Waals surface area contributed by atoms with Crippen molar-refractivity contribution >= 4 is 56.5 Å². The molecule has 3 rings (SSSR count). The molecule has 0 saturated carbocycles. The normalized spacial score (nSPS) is 12.3. The number of nitrogens with one attached hydrogen (secondary N) is 1. The minimum Gasteiger partial charge on any atom is -0.325 e. The van der Waals surface area contributed by atoms with Crippen LogP contribution in [0.4, 0.5) is 5.69 Å². The van der Waals surface area contributed by atoms with E-state index in [1.54, 1.807) is 32.2 Å². The maximum absolute atomic E-state index is 12.5. The van der Waals surface area contributed by atoms with E-state index in [1.165, 1.54) is 27.7 Å². The summed E-state index contributed by atoms with van der Waals surface area (Å²) >= 11 is 8.66. The van der Waals surface area contributed by atoms with E-state index in [0.29, 0.717) is 26.1 Å². The van der Waals surface area contributed by atoms with E-state index >= 15 is 0 Å². The maximum atomic E-state index is 12.5. The van der Waals surface area contributed by atoms with Gasteiger partial charge in [-0.3, -0.25) is 14.2 Å². The van der Waals surface area contributed by atoms with E-state index in [2.05, 4.69) is 10.3 Å². The highest BCUT2D eigenvalue weighted by molar-refractivity contribution is 8.00. The molecule has 0 aliphatic carbocycles. The van der Waals surface area contributed by atoms with Gasteiger partial charge in [0.2, 0.25) is 5.91 Å². The molecule has 0 aliphatic heterocycles. The molecular weight excluding hydrogens is 378 g/mol. The number of amides is 1. The van der Waals surface area contributed by atoms with Crippen molar-refractivity contribution < 1.29 is 4.79 Å². The van der Waals surface area contributed by atoms with Crippen molar-refractivity contribution in [2.24, 2.45) is 7.05 Å². The summed E-state index contributed by atoms with van der Waals surface area (Å²) in [5, 5.41) is 5.98. The van der Waals surface area contributed by atoms with Crippen LogP contribution in [-0.2, 0) is 11.8 Å². The molecule has 130 valence electrons. The first-order valence-electron chi connectivity index (χ1n) is 7.54. The molecule has 1 amide bonds. The number of aromatic nitrogens is 2. The summed E-state index contributed by atoms with van der Waals surface area (Å²) in [5.74, 6) is -0.170. The molecule has 1 aromatic carbocycles. The van der Waals surface area contributed by atoms with Crippen molar-refractivity contribution in [3.63, 3.8) is 0 Å². The average molecular weight is 394 g/mol. The highest BCUT2D eigenvalue weighted by Crippen LogP contribution is 2.26. The van der Waals surface area contributed by atoms with Crippen molar-refractivity contribution in [2.75, 3.05) is 5.32 Å². The number of halogens is 1. The van der Waals surface area contributed by atoms with Gasteiger partial charge in [-0.15, -0.1) is 11.3 Å². The molecule has 0 saturated heterocycles. The monoisotopic (exact) mass is 393 g/mol. The number of anilines is 1.